The van der Waals surface area contributed by atoms with Crippen LogP contribution in [0.5, 0.6) is 0 Å². The van der Waals surface area contributed by atoms with Gasteiger partial charge >= 0.3 is 0 Å². The third-order valence-corrected chi connectivity index (χ3v) is 5.11. The molecule has 1 saturated heterocycles. The van der Waals surface area contributed by atoms with E-state index in [1.807, 2.05) is 12.1 Å². The fourth-order valence-electron chi connectivity index (χ4n) is 3.06. The molecule has 1 fully saturated rings. The van der Waals surface area contributed by atoms with Gasteiger partial charge in [0.2, 0.25) is 0 Å². The summed E-state index contributed by atoms with van der Waals surface area (Å²) >= 11 is 1.65. The zero-order valence-electron chi connectivity index (χ0n) is 12.8. The van der Waals surface area contributed by atoms with E-state index in [2.05, 4.69) is 46.5 Å². The molecule has 1 aliphatic heterocycles. The Morgan fingerprint density at radius 2 is 1.83 bits per heavy atom. The van der Waals surface area contributed by atoms with Gasteiger partial charge in [0.1, 0.15) is 29.1 Å². The monoisotopic (exact) mass is 338 g/mol. The van der Waals surface area contributed by atoms with Crippen LogP contribution in [-0.2, 0) is 0 Å². The molecule has 5 rings (SSSR count). The van der Waals surface area contributed by atoms with Crippen molar-refractivity contribution < 1.29 is 0 Å². The lowest BCUT2D eigenvalue weighted by Crippen LogP contribution is -2.47. The Labute approximate surface area is 141 Å². The Hall–Kier alpha value is -2.81. The van der Waals surface area contributed by atoms with E-state index in [1.54, 1.807) is 28.5 Å². The van der Waals surface area contributed by atoms with Crippen molar-refractivity contribution in [1.82, 2.24) is 29.8 Å². The summed E-state index contributed by atoms with van der Waals surface area (Å²) in [7, 11) is 0. The lowest BCUT2D eigenvalue weighted by atomic mass is 10.2. The van der Waals surface area contributed by atoms with E-state index < -0.39 is 0 Å². The fraction of sp³-hybridized carbons (Fsp3) is 0.267. The average molecular weight is 338 g/mol. The number of hydrogen-bond donors (Lipinski definition) is 0. The van der Waals surface area contributed by atoms with Gasteiger partial charge in [-0.05, 0) is 23.6 Å². The van der Waals surface area contributed by atoms with Crippen LogP contribution in [0.15, 0.2) is 36.2 Å². The standard InChI is InChI=1S/C15H14N8S/c1-2-13(20-23-10-18-19-12(1)23)21-4-6-22(7-5-21)14-11-3-8-24-15(11)17-9-16-14/h1-3,8-10H,4-7H2. The second-order valence-corrected chi connectivity index (χ2v) is 6.53. The van der Waals surface area contributed by atoms with Gasteiger partial charge < -0.3 is 9.80 Å². The summed E-state index contributed by atoms with van der Waals surface area (Å²) < 4.78 is 1.71. The maximum atomic E-state index is 4.57. The smallest absolute Gasteiger partial charge is 0.177 e. The molecule has 24 heavy (non-hydrogen) atoms. The van der Waals surface area contributed by atoms with Crippen molar-refractivity contribution >= 4 is 38.8 Å². The maximum Gasteiger partial charge on any atom is 0.177 e. The van der Waals surface area contributed by atoms with Crippen molar-refractivity contribution in [2.45, 2.75) is 0 Å². The first-order valence-electron chi connectivity index (χ1n) is 7.74. The van der Waals surface area contributed by atoms with Crippen LogP contribution in [0.4, 0.5) is 11.6 Å². The molecule has 120 valence electrons. The van der Waals surface area contributed by atoms with Crippen molar-refractivity contribution in [3.8, 4) is 0 Å². The Balaban J connectivity index is 1.38. The highest BCUT2D eigenvalue weighted by atomic mass is 32.1. The first-order valence-corrected chi connectivity index (χ1v) is 8.62. The number of nitrogens with zero attached hydrogens (tertiary/aromatic N) is 8. The van der Waals surface area contributed by atoms with Crippen LogP contribution in [-0.4, -0.2) is 56.0 Å². The van der Waals surface area contributed by atoms with Crippen molar-refractivity contribution in [3.63, 3.8) is 0 Å². The van der Waals surface area contributed by atoms with E-state index in [0.29, 0.717) is 0 Å². The minimum Gasteiger partial charge on any atom is -0.352 e. The Bertz CT molecular complexity index is 1000. The topological polar surface area (TPSA) is 75.3 Å². The van der Waals surface area contributed by atoms with Crippen molar-refractivity contribution in [2.24, 2.45) is 0 Å². The van der Waals surface area contributed by atoms with Crippen LogP contribution in [0.3, 0.4) is 0 Å². The lowest BCUT2D eigenvalue weighted by Gasteiger charge is -2.36. The summed E-state index contributed by atoms with van der Waals surface area (Å²) in [6.45, 7) is 3.61. The molecule has 4 aromatic rings. The molecule has 1 aliphatic rings. The summed E-state index contributed by atoms with van der Waals surface area (Å²) in [4.78, 5) is 14.5. The van der Waals surface area contributed by atoms with Crippen LogP contribution in [0.25, 0.3) is 15.9 Å². The minimum atomic E-state index is 0.762. The molecule has 0 N–H and O–H groups in total. The number of anilines is 2. The second-order valence-electron chi connectivity index (χ2n) is 5.64. The van der Waals surface area contributed by atoms with Gasteiger partial charge in [0.25, 0.3) is 0 Å². The zero-order chi connectivity index (χ0) is 15.9. The lowest BCUT2D eigenvalue weighted by molar-refractivity contribution is 0.637. The van der Waals surface area contributed by atoms with Crippen LogP contribution in [0.2, 0.25) is 0 Å². The molecule has 0 atom stereocenters. The summed E-state index contributed by atoms with van der Waals surface area (Å²) in [5.74, 6) is 1.98. The molecule has 0 radical (unpaired) electrons. The highest BCUT2D eigenvalue weighted by Gasteiger charge is 2.21. The normalized spacial score (nSPS) is 15.5. The largest absolute Gasteiger partial charge is 0.352 e. The van der Waals surface area contributed by atoms with Crippen molar-refractivity contribution in [2.75, 3.05) is 36.0 Å². The van der Waals surface area contributed by atoms with Gasteiger partial charge in [0.05, 0.1) is 5.39 Å². The number of rotatable bonds is 2. The molecule has 0 unspecified atom stereocenters. The molecular weight excluding hydrogens is 324 g/mol. The number of fused-ring (bicyclic) bond motifs is 2. The van der Waals surface area contributed by atoms with Gasteiger partial charge in [-0.3, -0.25) is 0 Å². The predicted molar refractivity (Wildman–Crippen MR) is 92.6 cm³/mol. The molecule has 8 nitrogen and oxygen atoms in total. The summed E-state index contributed by atoms with van der Waals surface area (Å²) in [6, 6.07) is 6.05. The first-order chi connectivity index (χ1) is 11.9. The van der Waals surface area contributed by atoms with E-state index in [1.165, 1.54) is 0 Å². The number of piperazine rings is 1. The third kappa shape index (κ3) is 2.16. The molecule has 4 aromatic heterocycles. The summed E-state index contributed by atoms with van der Waals surface area (Å²) in [5.41, 5.74) is 0.762. The van der Waals surface area contributed by atoms with Crippen LogP contribution >= 0.6 is 11.3 Å². The third-order valence-electron chi connectivity index (χ3n) is 4.29. The molecule has 0 aromatic carbocycles. The van der Waals surface area contributed by atoms with E-state index in [-0.39, 0.29) is 0 Å². The van der Waals surface area contributed by atoms with Crippen molar-refractivity contribution in [3.05, 3.63) is 36.2 Å². The van der Waals surface area contributed by atoms with E-state index in [9.17, 15) is 0 Å². The van der Waals surface area contributed by atoms with Crippen LogP contribution < -0.4 is 9.80 Å². The molecule has 9 heteroatoms. The first kappa shape index (κ1) is 13.6. The fourth-order valence-corrected chi connectivity index (χ4v) is 3.79. The molecule has 0 spiro atoms. The number of aromatic nitrogens is 6. The van der Waals surface area contributed by atoms with Gasteiger partial charge in [0.15, 0.2) is 5.65 Å². The molecule has 0 aliphatic carbocycles. The average Bonchev–Trinajstić information content (AvgIpc) is 3.30. The van der Waals surface area contributed by atoms with Gasteiger partial charge in [-0.1, -0.05) is 0 Å². The highest BCUT2D eigenvalue weighted by molar-refractivity contribution is 7.16. The molecule has 5 heterocycles. The minimum absolute atomic E-state index is 0.762. The molecule has 0 saturated carbocycles. The Morgan fingerprint density at radius 3 is 2.75 bits per heavy atom. The molecule has 0 bridgehead atoms. The highest BCUT2D eigenvalue weighted by Crippen LogP contribution is 2.27. The summed E-state index contributed by atoms with van der Waals surface area (Å²) in [5, 5.41) is 15.6. The van der Waals surface area contributed by atoms with Crippen LogP contribution in [0, 0.1) is 0 Å². The van der Waals surface area contributed by atoms with E-state index >= 15 is 0 Å². The quantitative estimate of drug-likeness (QED) is 0.547. The molecule has 0 amide bonds. The maximum absolute atomic E-state index is 4.57. The van der Waals surface area contributed by atoms with Crippen LogP contribution in [0.1, 0.15) is 0 Å². The Morgan fingerprint density at radius 1 is 0.958 bits per heavy atom. The van der Waals surface area contributed by atoms with Gasteiger partial charge in [-0.2, -0.15) is 4.52 Å². The van der Waals surface area contributed by atoms with Gasteiger partial charge in [0, 0.05) is 26.2 Å². The SMILES string of the molecule is c1nc(N2CCN(c3ccc4nncn4n3)CC2)c2ccsc2n1. The van der Waals surface area contributed by atoms with E-state index in [4.69, 9.17) is 0 Å². The summed E-state index contributed by atoms with van der Waals surface area (Å²) in [6.07, 6.45) is 3.28. The number of hydrogen-bond acceptors (Lipinski definition) is 8. The zero-order valence-corrected chi connectivity index (χ0v) is 13.6. The second kappa shape index (κ2) is 5.38. The van der Waals surface area contributed by atoms with Gasteiger partial charge in [-0.25, -0.2) is 9.97 Å². The van der Waals surface area contributed by atoms with Crippen molar-refractivity contribution in [1.29, 1.82) is 0 Å². The Kier molecular flexibility index (Phi) is 3.05. The number of thiophene rings is 1. The molecular formula is C15H14N8S. The predicted octanol–water partition coefficient (Wildman–Crippen LogP) is 1.46. The van der Waals surface area contributed by atoms with E-state index in [0.717, 1.165) is 53.7 Å². The van der Waals surface area contributed by atoms with Gasteiger partial charge in [-0.15, -0.1) is 26.6 Å².